The molecule has 2 rings (SSSR count). The predicted molar refractivity (Wildman–Crippen MR) is 68.9 cm³/mol. The summed E-state index contributed by atoms with van der Waals surface area (Å²) in [6.45, 7) is 3.13. The van der Waals surface area contributed by atoms with Crippen molar-refractivity contribution in [3.8, 4) is 0 Å². The van der Waals surface area contributed by atoms with E-state index in [1.54, 1.807) is 6.92 Å². The molecule has 0 amide bonds. The standard InChI is InChI=1S/C15H13F3O3/c1-9-8-12(21-10(9)2)13(19)14(20,15(16,17)18)11-6-4-3-5-7-11/h3-8,20H,1-2H3/t14-/m0/s1. The first kappa shape index (κ1) is 15.3. The number of carbonyl (C=O) groups excluding carboxylic acids is 1. The van der Waals surface area contributed by atoms with Gasteiger partial charge in [-0.1, -0.05) is 30.3 Å². The molecule has 0 bridgehead atoms. The second-order valence-corrected chi connectivity index (χ2v) is 4.75. The van der Waals surface area contributed by atoms with E-state index in [0.717, 1.165) is 12.1 Å². The minimum Gasteiger partial charge on any atom is -0.458 e. The highest BCUT2D eigenvalue weighted by Gasteiger charge is 2.61. The van der Waals surface area contributed by atoms with Gasteiger partial charge in [0.15, 0.2) is 5.76 Å². The van der Waals surface area contributed by atoms with Crippen LogP contribution in [0.2, 0.25) is 0 Å². The molecular formula is C15H13F3O3. The van der Waals surface area contributed by atoms with Crippen molar-refractivity contribution < 1.29 is 27.5 Å². The van der Waals surface area contributed by atoms with E-state index in [-0.39, 0.29) is 0 Å². The van der Waals surface area contributed by atoms with Crippen LogP contribution in [0.5, 0.6) is 0 Å². The van der Waals surface area contributed by atoms with Gasteiger partial charge in [-0.3, -0.25) is 4.79 Å². The molecule has 112 valence electrons. The average molecular weight is 298 g/mol. The molecule has 1 heterocycles. The fourth-order valence-corrected chi connectivity index (χ4v) is 1.97. The number of carbonyl (C=O) groups is 1. The third kappa shape index (κ3) is 2.47. The molecule has 6 heteroatoms. The van der Waals surface area contributed by atoms with Crippen LogP contribution in [0, 0.1) is 13.8 Å². The van der Waals surface area contributed by atoms with Crippen LogP contribution in [0.25, 0.3) is 0 Å². The maximum atomic E-state index is 13.3. The Morgan fingerprint density at radius 1 is 1.14 bits per heavy atom. The normalized spacial score (nSPS) is 14.8. The molecule has 0 aliphatic carbocycles. The van der Waals surface area contributed by atoms with Crippen LogP contribution in [-0.4, -0.2) is 17.1 Å². The Morgan fingerprint density at radius 3 is 2.14 bits per heavy atom. The van der Waals surface area contributed by atoms with Gasteiger partial charge in [0, 0.05) is 5.56 Å². The molecule has 2 aromatic rings. The van der Waals surface area contributed by atoms with Crippen molar-refractivity contribution in [2.45, 2.75) is 25.6 Å². The van der Waals surface area contributed by atoms with Crippen molar-refractivity contribution >= 4 is 5.78 Å². The second kappa shape index (κ2) is 5.04. The van der Waals surface area contributed by atoms with E-state index in [1.807, 2.05) is 0 Å². The maximum Gasteiger partial charge on any atom is 0.429 e. The molecular weight excluding hydrogens is 285 g/mol. The summed E-state index contributed by atoms with van der Waals surface area (Å²) >= 11 is 0. The molecule has 3 nitrogen and oxygen atoms in total. The van der Waals surface area contributed by atoms with Crippen LogP contribution in [-0.2, 0) is 5.60 Å². The predicted octanol–water partition coefficient (Wildman–Crippen LogP) is 3.53. The Labute approximate surface area is 119 Å². The van der Waals surface area contributed by atoms with Crippen molar-refractivity contribution in [2.75, 3.05) is 0 Å². The zero-order chi connectivity index (χ0) is 15.8. The first-order valence-electron chi connectivity index (χ1n) is 6.14. The van der Waals surface area contributed by atoms with Gasteiger partial charge in [-0.25, -0.2) is 0 Å². The van der Waals surface area contributed by atoms with E-state index in [9.17, 15) is 23.1 Å². The number of hydrogen-bond donors (Lipinski definition) is 1. The molecule has 0 aliphatic rings. The van der Waals surface area contributed by atoms with E-state index in [4.69, 9.17) is 4.42 Å². The molecule has 0 unspecified atom stereocenters. The van der Waals surface area contributed by atoms with Gasteiger partial charge in [0.05, 0.1) is 0 Å². The Morgan fingerprint density at radius 2 is 1.71 bits per heavy atom. The zero-order valence-corrected chi connectivity index (χ0v) is 11.4. The van der Waals surface area contributed by atoms with E-state index in [0.29, 0.717) is 11.3 Å². The summed E-state index contributed by atoms with van der Waals surface area (Å²) in [6, 6.07) is 7.42. The van der Waals surface area contributed by atoms with Crippen molar-refractivity contribution in [1.82, 2.24) is 0 Å². The number of rotatable bonds is 3. The van der Waals surface area contributed by atoms with Crippen LogP contribution >= 0.6 is 0 Å². The highest BCUT2D eigenvalue weighted by molar-refractivity contribution is 6.01. The Balaban J connectivity index is 2.59. The van der Waals surface area contributed by atoms with E-state index < -0.39 is 28.9 Å². The second-order valence-electron chi connectivity index (χ2n) is 4.75. The molecule has 1 N–H and O–H groups in total. The number of alkyl halides is 3. The van der Waals surface area contributed by atoms with Gasteiger partial charge < -0.3 is 9.52 Å². The van der Waals surface area contributed by atoms with Crippen LogP contribution in [0.1, 0.15) is 27.4 Å². The van der Waals surface area contributed by atoms with Crippen LogP contribution in [0.3, 0.4) is 0 Å². The maximum absolute atomic E-state index is 13.3. The van der Waals surface area contributed by atoms with Gasteiger partial charge in [0.1, 0.15) is 5.76 Å². The van der Waals surface area contributed by atoms with E-state index >= 15 is 0 Å². The van der Waals surface area contributed by atoms with Gasteiger partial charge in [0.25, 0.3) is 5.60 Å². The molecule has 0 radical (unpaired) electrons. The topological polar surface area (TPSA) is 50.4 Å². The van der Waals surface area contributed by atoms with E-state index in [1.165, 1.54) is 31.2 Å². The van der Waals surface area contributed by atoms with Crippen molar-refractivity contribution in [3.63, 3.8) is 0 Å². The quantitative estimate of drug-likeness (QED) is 0.882. The summed E-state index contributed by atoms with van der Waals surface area (Å²) in [4.78, 5) is 12.2. The molecule has 0 spiro atoms. The Kier molecular flexibility index (Phi) is 3.67. The fourth-order valence-electron chi connectivity index (χ4n) is 1.97. The summed E-state index contributed by atoms with van der Waals surface area (Å²) in [7, 11) is 0. The van der Waals surface area contributed by atoms with E-state index in [2.05, 4.69) is 0 Å². The third-order valence-corrected chi connectivity index (χ3v) is 3.32. The molecule has 1 aromatic carbocycles. The smallest absolute Gasteiger partial charge is 0.429 e. The largest absolute Gasteiger partial charge is 0.458 e. The Hall–Kier alpha value is -2.08. The van der Waals surface area contributed by atoms with Crippen molar-refractivity contribution in [3.05, 3.63) is 59.0 Å². The van der Waals surface area contributed by atoms with Gasteiger partial charge >= 0.3 is 6.18 Å². The molecule has 0 saturated heterocycles. The molecule has 21 heavy (non-hydrogen) atoms. The summed E-state index contributed by atoms with van der Waals surface area (Å²) in [5.74, 6) is -1.72. The Bertz CT molecular complexity index is 639. The fraction of sp³-hybridized carbons (Fsp3) is 0.267. The summed E-state index contributed by atoms with van der Waals surface area (Å²) in [5, 5.41) is 10.1. The van der Waals surface area contributed by atoms with Gasteiger partial charge in [-0.15, -0.1) is 0 Å². The summed E-state index contributed by atoms with van der Waals surface area (Å²) in [6.07, 6.45) is -5.17. The average Bonchev–Trinajstić information content (AvgIpc) is 2.76. The number of Topliss-reactive ketones (excluding diaryl/α,β-unsaturated/α-hetero) is 1. The molecule has 1 atom stereocenters. The number of benzene rings is 1. The van der Waals surface area contributed by atoms with Crippen LogP contribution in [0.15, 0.2) is 40.8 Å². The number of aryl methyl sites for hydroxylation is 2. The SMILES string of the molecule is Cc1cc(C(=O)[C@@](O)(c2ccccc2)C(F)(F)F)oc1C. The third-order valence-electron chi connectivity index (χ3n) is 3.32. The minimum absolute atomic E-state index is 0.330. The van der Waals surface area contributed by atoms with Gasteiger partial charge in [0.2, 0.25) is 5.78 Å². The lowest BCUT2D eigenvalue weighted by atomic mass is 9.87. The molecule has 0 fully saturated rings. The first-order valence-corrected chi connectivity index (χ1v) is 6.14. The van der Waals surface area contributed by atoms with Crippen molar-refractivity contribution in [1.29, 1.82) is 0 Å². The zero-order valence-electron chi connectivity index (χ0n) is 11.4. The number of furan rings is 1. The number of aliphatic hydroxyl groups is 1. The number of ketones is 1. The highest BCUT2D eigenvalue weighted by Crippen LogP contribution is 2.41. The molecule has 0 aliphatic heterocycles. The lowest BCUT2D eigenvalue weighted by Gasteiger charge is -2.28. The lowest BCUT2D eigenvalue weighted by molar-refractivity contribution is -0.242. The number of hydrogen-bond acceptors (Lipinski definition) is 3. The summed E-state index contributed by atoms with van der Waals surface area (Å²) in [5.41, 5.74) is -3.64. The van der Waals surface area contributed by atoms with Gasteiger partial charge in [-0.2, -0.15) is 13.2 Å². The lowest BCUT2D eigenvalue weighted by Crippen LogP contribution is -2.49. The first-order chi connectivity index (χ1) is 9.68. The monoisotopic (exact) mass is 298 g/mol. The molecule has 0 saturated carbocycles. The van der Waals surface area contributed by atoms with Crippen LogP contribution < -0.4 is 0 Å². The minimum atomic E-state index is -5.17. The summed E-state index contributed by atoms with van der Waals surface area (Å²) < 4.78 is 45.0. The number of halogens is 3. The van der Waals surface area contributed by atoms with Crippen LogP contribution in [0.4, 0.5) is 13.2 Å². The highest BCUT2D eigenvalue weighted by atomic mass is 19.4. The van der Waals surface area contributed by atoms with Gasteiger partial charge in [-0.05, 0) is 25.5 Å². The molecule has 1 aromatic heterocycles. The van der Waals surface area contributed by atoms with Crippen molar-refractivity contribution in [2.24, 2.45) is 0 Å².